The normalized spacial score (nSPS) is 26.4. The van der Waals surface area contributed by atoms with E-state index in [4.69, 9.17) is 5.10 Å². The van der Waals surface area contributed by atoms with Gasteiger partial charge >= 0.3 is 0 Å². The summed E-state index contributed by atoms with van der Waals surface area (Å²) in [6, 6.07) is 0.926. The second-order valence-corrected chi connectivity index (χ2v) is 6.24. The van der Waals surface area contributed by atoms with Gasteiger partial charge in [0, 0.05) is 23.8 Å². The highest BCUT2D eigenvalue weighted by Gasteiger charge is 2.31. The molecule has 112 valence electrons. The second kappa shape index (κ2) is 5.86. The summed E-state index contributed by atoms with van der Waals surface area (Å²) in [6.45, 7) is 5.33. The van der Waals surface area contributed by atoms with Crippen LogP contribution in [0.1, 0.15) is 68.9 Å². The van der Waals surface area contributed by atoms with Crippen molar-refractivity contribution in [3.05, 3.63) is 17.0 Å². The lowest BCUT2D eigenvalue weighted by Gasteiger charge is -2.18. The van der Waals surface area contributed by atoms with E-state index < -0.39 is 0 Å². The molecule has 2 aliphatic carbocycles. The molecule has 2 unspecified atom stereocenters. The lowest BCUT2D eigenvalue weighted by Crippen LogP contribution is -2.22. The largest absolute Gasteiger partial charge is 0.391 e. The molecule has 2 atom stereocenters. The summed E-state index contributed by atoms with van der Waals surface area (Å²) in [5.41, 5.74) is 3.94. The predicted octanol–water partition coefficient (Wildman–Crippen LogP) is 2.35. The number of hydrogen-bond donors (Lipinski definition) is 2. The van der Waals surface area contributed by atoms with Crippen LogP contribution in [-0.4, -0.2) is 27.0 Å². The maximum absolute atomic E-state index is 10.2. The molecule has 1 heterocycles. The van der Waals surface area contributed by atoms with Gasteiger partial charge in [-0.1, -0.05) is 13.8 Å². The fraction of sp³-hybridized carbons (Fsp3) is 0.812. The van der Waals surface area contributed by atoms with Gasteiger partial charge in [-0.2, -0.15) is 5.10 Å². The summed E-state index contributed by atoms with van der Waals surface area (Å²) in [5.74, 6) is 0. The highest BCUT2D eigenvalue weighted by molar-refractivity contribution is 5.28. The molecule has 0 saturated heterocycles. The third-order valence-electron chi connectivity index (χ3n) is 4.77. The zero-order valence-corrected chi connectivity index (χ0v) is 12.7. The van der Waals surface area contributed by atoms with E-state index in [0.717, 1.165) is 44.7 Å². The summed E-state index contributed by atoms with van der Waals surface area (Å²) in [6.07, 6.45) is 7.50. The Morgan fingerprint density at radius 2 is 2.00 bits per heavy atom. The van der Waals surface area contributed by atoms with E-state index in [0.29, 0.717) is 0 Å². The lowest BCUT2D eigenvalue weighted by molar-refractivity contribution is 0.128. The molecule has 20 heavy (non-hydrogen) atoms. The van der Waals surface area contributed by atoms with Crippen LogP contribution in [0.4, 0.5) is 0 Å². The van der Waals surface area contributed by atoms with Crippen LogP contribution in [0.2, 0.25) is 0 Å². The van der Waals surface area contributed by atoms with Gasteiger partial charge in [0.05, 0.1) is 17.8 Å². The average molecular weight is 277 g/mol. The Bertz CT molecular complexity index is 465. The Morgan fingerprint density at radius 1 is 1.20 bits per heavy atom. The van der Waals surface area contributed by atoms with Gasteiger partial charge in [0.1, 0.15) is 0 Å². The van der Waals surface area contributed by atoms with Gasteiger partial charge in [0.15, 0.2) is 0 Å². The van der Waals surface area contributed by atoms with Crippen molar-refractivity contribution >= 4 is 0 Å². The number of nitrogens with one attached hydrogen (secondary N) is 1. The van der Waals surface area contributed by atoms with E-state index in [-0.39, 0.29) is 12.1 Å². The summed E-state index contributed by atoms with van der Waals surface area (Å²) >= 11 is 0. The van der Waals surface area contributed by atoms with Crippen molar-refractivity contribution in [3.63, 3.8) is 0 Å². The van der Waals surface area contributed by atoms with E-state index in [1.54, 1.807) is 0 Å². The third kappa shape index (κ3) is 2.63. The SMILES string of the molecule is CCc1nn(C2CCCC2O)c(CC)c1CNC1CC1. The smallest absolute Gasteiger partial charge is 0.0781 e. The molecule has 0 aliphatic heterocycles. The first-order valence-corrected chi connectivity index (χ1v) is 8.25. The Hall–Kier alpha value is -0.870. The molecule has 2 N–H and O–H groups in total. The molecule has 4 nitrogen and oxygen atoms in total. The molecule has 3 rings (SSSR count). The van der Waals surface area contributed by atoms with E-state index in [1.165, 1.54) is 29.8 Å². The first kappa shape index (κ1) is 14.1. The van der Waals surface area contributed by atoms with Crippen LogP contribution in [0.15, 0.2) is 0 Å². The van der Waals surface area contributed by atoms with Gasteiger partial charge in [-0.25, -0.2) is 0 Å². The number of rotatable bonds is 6. The predicted molar refractivity (Wildman–Crippen MR) is 79.7 cm³/mol. The molecule has 2 aliphatic rings. The van der Waals surface area contributed by atoms with E-state index in [1.807, 2.05) is 0 Å². The number of nitrogens with zero attached hydrogens (tertiary/aromatic N) is 2. The van der Waals surface area contributed by atoms with Crippen LogP contribution in [-0.2, 0) is 19.4 Å². The third-order valence-corrected chi connectivity index (χ3v) is 4.77. The van der Waals surface area contributed by atoms with Gasteiger partial charge in [0.2, 0.25) is 0 Å². The Labute approximate surface area is 121 Å². The molecule has 2 saturated carbocycles. The van der Waals surface area contributed by atoms with Gasteiger partial charge in [-0.15, -0.1) is 0 Å². The Morgan fingerprint density at radius 3 is 2.55 bits per heavy atom. The second-order valence-electron chi connectivity index (χ2n) is 6.24. The van der Waals surface area contributed by atoms with Gasteiger partial charge < -0.3 is 10.4 Å². The fourth-order valence-corrected chi connectivity index (χ4v) is 3.43. The van der Waals surface area contributed by atoms with Crippen molar-refractivity contribution in [2.75, 3.05) is 0 Å². The Kier molecular flexibility index (Phi) is 4.13. The first-order chi connectivity index (χ1) is 9.74. The first-order valence-electron chi connectivity index (χ1n) is 8.25. The summed E-state index contributed by atoms with van der Waals surface area (Å²) < 4.78 is 2.15. The molecule has 4 heteroatoms. The van der Waals surface area contributed by atoms with Crippen molar-refractivity contribution < 1.29 is 5.11 Å². The summed E-state index contributed by atoms with van der Waals surface area (Å²) in [7, 11) is 0. The number of hydrogen-bond acceptors (Lipinski definition) is 3. The zero-order valence-electron chi connectivity index (χ0n) is 12.7. The summed E-state index contributed by atoms with van der Waals surface area (Å²) in [5, 5.41) is 18.7. The zero-order chi connectivity index (χ0) is 14.1. The van der Waals surface area contributed by atoms with E-state index in [9.17, 15) is 5.11 Å². The van der Waals surface area contributed by atoms with Crippen LogP contribution < -0.4 is 5.32 Å². The van der Waals surface area contributed by atoms with E-state index in [2.05, 4.69) is 23.8 Å². The highest BCUT2D eigenvalue weighted by Crippen LogP contribution is 2.33. The van der Waals surface area contributed by atoms with Crippen molar-refractivity contribution in [1.82, 2.24) is 15.1 Å². The molecule has 0 aromatic carbocycles. The summed E-state index contributed by atoms with van der Waals surface area (Å²) in [4.78, 5) is 0. The quantitative estimate of drug-likeness (QED) is 0.839. The number of aryl methyl sites for hydroxylation is 1. The molecular weight excluding hydrogens is 250 g/mol. The molecule has 0 bridgehead atoms. The van der Waals surface area contributed by atoms with Crippen LogP contribution in [0.25, 0.3) is 0 Å². The molecule has 0 spiro atoms. The molecule has 0 radical (unpaired) electrons. The fourth-order valence-electron chi connectivity index (χ4n) is 3.43. The van der Waals surface area contributed by atoms with Crippen molar-refractivity contribution in [2.24, 2.45) is 0 Å². The van der Waals surface area contributed by atoms with Gasteiger partial charge in [0.25, 0.3) is 0 Å². The molecule has 0 amide bonds. The molecule has 1 aromatic rings. The van der Waals surface area contributed by atoms with Crippen LogP contribution >= 0.6 is 0 Å². The van der Waals surface area contributed by atoms with Crippen molar-refractivity contribution in [3.8, 4) is 0 Å². The molecule has 2 fully saturated rings. The standard InChI is InChI=1S/C16H27N3O/c1-3-13-12(10-17-11-8-9-11)14(4-2)19(18-13)15-6-5-7-16(15)20/h11,15-17,20H,3-10H2,1-2H3. The average Bonchev–Trinajstić information content (AvgIpc) is 3.08. The van der Waals surface area contributed by atoms with Gasteiger partial charge in [-0.3, -0.25) is 4.68 Å². The van der Waals surface area contributed by atoms with Crippen LogP contribution in [0, 0.1) is 0 Å². The highest BCUT2D eigenvalue weighted by atomic mass is 16.3. The minimum absolute atomic E-state index is 0.199. The van der Waals surface area contributed by atoms with Crippen LogP contribution in [0.5, 0.6) is 0 Å². The minimum atomic E-state index is -0.214. The topological polar surface area (TPSA) is 50.1 Å². The van der Waals surface area contributed by atoms with Crippen LogP contribution in [0.3, 0.4) is 0 Å². The lowest BCUT2D eigenvalue weighted by atomic mass is 10.1. The monoisotopic (exact) mass is 277 g/mol. The Balaban J connectivity index is 1.88. The maximum Gasteiger partial charge on any atom is 0.0781 e. The van der Waals surface area contributed by atoms with E-state index >= 15 is 0 Å². The van der Waals surface area contributed by atoms with Crippen molar-refractivity contribution in [1.29, 1.82) is 0 Å². The van der Waals surface area contributed by atoms with Crippen molar-refractivity contribution in [2.45, 2.75) is 83.5 Å². The molecular formula is C16H27N3O. The maximum atomic E-state index is 10.2. The van der Waals surface area contributed by atoms with Gasteiger partial charge in [-0.05, 0) is 44.9 Å². The number of aromatic nitrogens is 2. The molecule has 1 aromatic heterocycles. The number of aliphatic hydroxyl groups is 1. The number of aliphatic hydroxyl groups excluding tert-OH is 1. The minimum Gasteiger partial charge on any atom is -0.391 e.